The fourth-order valence-corrected chi connectivity index (χ4v) is 3.41. The predicted octanol–water partition coefficient (Wildman–Crippen LogP) is 4.66. The Hall–Kier alpha value is -2.43. The molecule has 1 fully saturated rings. The van der Waals surface area contributed by atoms with Gasteiger partial charge in [-0.25, -0.2) is 0 Å². The Balaban J connectivity index is 1.76. The second kappa shape index (κ2) is 6.77. The summed E-state index contributed by atoms with van der Waals surface area (Å²) in [5.41, 5.74) is 0.701. The van der Waals surface area contributed by atoms with Crippen LogP contribution in [-0.4, -0.2) is 10.8 Å². The average molecular weight is 312 g/mol. The third-order valence-electron chi connectivity index (χ3n) is 4.62. The first kappa shape index (κ1) is 15.5. The second-order valence-corrected chi connectivity index (χ2v) is 6.17. The monoisotopic (exact) mass is 312 g/mol. The fraction of sp³-hybridized carbons (Fsp3) is 0.389. The van der Waals surface area contributed by atoms with E-state index in [1.165, 1.54) is 31.7 Å². The number of fused-ring (bicyclic) bond motifs is 1. The zero-order valence-electron chi connectivity index (χ0n) is 13.0. The number of amides is 1. The molecule has 1 amide bonds. The number of nitro benzene ring substituents is 1. The number of carbonyl (C=O) groups excluding carboxylic acids is 1. The topological polar surface area (TPSA) is 72.2 Å². The molecule has 2 aromatic rings. The normalized spacial score (nSPS) is 15.0. The van der Waals surface area contributed by atoms with Gasteiger partial charge in [-0.05, 0) is 24.5 Å². The second-order valence-electron chi connectivity index (χ2n) is 6.17. The van der Waals surface area contributed by atoms with Crippen molar-refractivity contribution >= 4 is 28.1 Å². The highest BCUT2D eigenvalue weighted by atomic mass is 16.6. The Morgan fingerprint density at radius 3 is 2.57 bits per heavy atom. The van der Waals surface area contributed by atoms with Gasteiger partial charge in [0.2, 0.25) is 5.91 Å². The molecular formula is C18H20N2O3. The van der Waals surface area contributed by atoms with Crippen molar-refractivity contribution in [3.8, 4) is 0 Å². The number of carbonyl (C=O) groups is 1. The Morgan fingerprint density at radius 1 is 1.13 bits per heavy atom. The number of anilines is 1. The molecule has 0 heterocycles. The minimum atomic E-state index is -0.395. The van der Waals surface area contributed by atoms with E-state index in [9.17, 15) is 14.9 Å². The summed E-state index contributed by atoms with van der Waals surface area (Å²) in [5, 5.41) is 15.3. The minimum Gasteiger partial charge on any atom is -0.326 e. The summed E-state index contributed by atoms with van der Waals surface area (Å²) in [6, 6.07) is 10.2. The van der Waals surface area contributed by atoms with Crippen LogP contribution in [-0.2, 0) is 4.79 Å². The Kier molecular flexibility index (Phi) is 4.55. The van der Waals surface area contributed by atoms with Crippen molar-refractivity contribution in [1.29, 1.82) is 0 Å². The lowest BCUT2D eigenvalue weighted by molar-refractivity contribution is -0.383. The number of nitrogens with zero attached hydrogens (tertiary/aromatic N) is 1. The van der Waals surface area contributed by atoms with E-state index < -0.39 is 4.92 Å². The molecule has 23 heavy (non-hydrogen) atoms. The summed E-state index contributed by atoms with van der Waals surface area (Å²) in [6.07, 6.45) is 6.45. The van der Waals surface area contributed by atoms with Crippen molar-refractivity contribution in [2.75, 3.05) is 5.32 Å². The van der Waals surface area contributed by atoms with Crippen LogP contribution in [0.5, 0.6) is 0 Å². The largest absolute Gasteiger partial charge is 0.326 e. The van der Waals surface area contributed by atoms with E-state index in [0.717, 1.165) is 6.42 Å². The molecule has 0 aliphatic heterocycles. The summed E-state index contributed by atoms with van der Waals surface area (Å²) < 4.78 is 0. The van der Waals surface area contributed by atoms with Crippen molar-refractivity contribution in [3.63, 3.8) is 0 Å². The molecule has 0 atom stereocenters. The van der Waals surface area contributed by atoms with E-state index in [0.29, 0.717) is 28.8 Å². The third kappa shape index (κ3) is 3.50. The zero-order valence-corrected chi connectivity index (χ0v) is 13.0. The van der Waals surface area contributed by atoms with E-state index in [1.807, 2.05) is 0 Å². The molecule has 1 saturated carbocycles. The van der Waals surface area contributed by atoms with Crippen LogP contribution in [0, 0.1) is 16.0 Å². The average Bonchev–Trinajstić information content (AvgIpc) is 3.06. The van der Waals surface area contributed by atoms with E-state index in [2.05, 4.69) is 5.32 Å². The van der Waals surface area contributed by atoms with Crippen LogP contribution in [0.4, 0.5) is 11.4 Å². The summed E-state index contributed by atoms with van der Waals surface area (Å²) in [7, 11) is 0. The molecule has 0 saturated heterocycles. The number of hydrogen-bond acceptors (Lipinski definition) is 3. The van der Waals surface area contributed by atoms with Gasteiger partial charge in [0.1, 0.15) is 0 Å². The molecular weight excluding hydrogens is 292 g/mol. The summed E-state index contributed by atoms with van der Waals surface area (Å²) in [5.74, 6) is 0.658. The number of hydrogen-bond donors (Lipinski definition) is 1. The van der Waals surface area contributed by atoms with Gasteiger partial charge < -0.3 is 5.32 Å². The van der Waals surface area contributed by atoms with Crippen LogP contribution in [0.25, 0.3) is 10.8 Å². The smallest absolute Gasteiger partial charge is 0.277 e. The fourth-order valence-electron chi connectivity index (χ4n) is 3.41. The Labute approximate surface area is 134 Å². The number of benzene rings is 2. The van der Waals surface area contributed by atoms with Gasteiger partial charge in [-0.2, -0.15) is 0 Å². The molecule has 2 aromatic carbocycles. The first-order chi connectivity index (χ1) is 11.1. The molecule has 1 aliphatic carbocycles. The van der Waals surface area contributed by atoms with Crippen molar-refractivity contribution in [2.24, 2.45) is 5.92 Å². The van der Waals surface area contributed by atoms with E-state index in [-0.39, 0.29) is 11.6 Å². The molecule has 0 spiro atoms. The number of nitro groups is 1. The van der Waals surface area contributed by atoms with Gasteiger partial charge in [-0.1, -0.05) is 43.9 Å². The number of nitrogens with one attached hydrogen (secondary N) is 1. The minimum absolute atomic E-state index is 0.0177. The van der Waals surface area contributed by atoms with Crippen molar-refractivity contribution in [3.05, 3.63) is 46.5 Å². The lowest BCUT2D eigenvalue weighted by Crippen LogP contribution is -2.13. The summed E-state index contributed by atoms with van der Waals surface area (Å²) >= 11 is 0. The predicted molar refractivity (Wildman–Crippen MR) is 90.4 cm³/mol. The highest BCUT2D eigenvalue weighted by Crippen LogP contribution is 2.31. The van der Waals surface area contributed by atoms with Crippen LogP contribution in [0.1, 0.15) is 38.5 Å². The van der Waals surface area contributed by atoms with E-state index in [1.54, 1.807) is 30.3 Å². The van der Waals surface area contributed by atoms with Gasteiger partial charge in [0.15, 0.2) is 0 Å². The standard InChI is InChI=1S/C18H20N2O3/c21-18(12-11-13-5-1-2-6-13)19-16-9-3-8-15-14(16)7-4-10-17(15)20(22)23/h3-4,7-10,13H,1-2,5-6,11-12H2,(H,19,21). The third-order valence-corrected chi connectivity index (χ3v) is 4.62. The van der Waals surface area contributed by atoms with E-state index >= 15 is 0 Å². The molecule has 5 nitrogen and oxygen atoms in total. The first-order valence-electron chi connectivity index (χ1n) is 8.11. The molecule has 5 heteroatoms. The molecule has 1 aliphatic rings. The molecule has 0 aromatic heterocycles. The molecule has 0 unspecified atom stereocenters. The van der Waals surface area contributed by atoms with Crippen LogP contribution < -0.4 is 5.32 Å². The van der Waals surface area contributed by atoms with Gasteiger partial charge in [0, 0.05) is 23.6 Å². The lowest BCUT2D eigenvalue weighted by atomic mass is 10.0. The Morgan fingerprint density at radius 2 is 1.83 bits per heavy atom. The van der Waals surface area contributed by atoms with Gasteiger partial charge in [0.05, 0.1) is 10.3 Å². The van der Waals surface area contributed by atoms with Crippen molar-refractivity contribution in [2.45, 2.75) is 38.5 Å². The Bertz CT molecular complexity index is 736. The van der Waals surface area contributed by atoms with Crippen molar-refractivity contribution in [1.82, 2.24) is 0 Å². The summed E-state index contributed by atoms with van der Waals surface area (Å²) in [6.45, 7) is 0. The van der Waals surface area contributed by atoms with Gasteiger partial charge in [-0.15, -0.1) is 0 Å². The first-order valence-corrected chi connectivity index (χ1v) is 8.11. The highest BCUT2D eigenvalue weighted by molar-refractivity contribution is 6.04. The zero-order chi connectivity index (χ0) is 16.2. The molecule has 3 rings (SSSR count). The maximum absolute atomic E-state index is 12.2. The van der Waals surface area contributed by atoms with Crippen LogP contribution in [0.15, 0.2) is 36.4 Å². The molecule has 1 N–H and O–H groups in total. The number of rotatable bonds is 5. The maximum Gasteiger partial charge on any atom is 0.277 e. The van der Waals surface area contributed by atoms with Gasteiger partial charge in [-0.3, -0.25) is 14.9 Å². The quantitative estimate of drug-likeness (QED) is 0.645. The molecule has 120 valence electrons. The molecule has 0 radical (unpaired) electrons. The van der Waals surface area contributed by atoms with Crippen LogP contribution >= 0.6 is 0 Å². The highest BCUT2D eigenvalue weighted by Gasteiger charge is 2.17. The van der Waals surface area contributed by atoms with Crippen molar-refractivity contribution < 1.29 is 9.72 Å². The van der Waals surface area contributed by atoms with Crippen LogP contribution in [0.2, 0.25) is 0 Å². The number of non-ortho nitro benzene ring substituents is 1. The summed E-state index contributed by atoms with van der Waals surface area (Å²) in [4.78, 5) is 22.9. The lowest BCUT2D eigenvalue weighted by Gasteiger charge is -2.11. The molecule has 0 bridgehead atoms. The van der Waals surface area contributed by atoms with Crippen LogP contribution in [0.3, 0.4) is 0 Å². The SMILES string of the molecule is O=C(CCC1CCCC1)Nc1cccc2c([N+](=O)[O-])cccc12. The maximum atomic E-state index is 12.2. The van der Waals surface area contributed by atoms with E-state index in [4.69, 9.17) is 0 Å². The van der Waals surface area contributed by atoms with Gasteiger partial charge in [0.25, 0.3) is 5.69 Å². The van der Waals surface area contributed by atoms with Gasteiger partial charge >= 0.3 is 0 Å².